The predicted octanol–water partition coefficient (Wildman–Crippen LogP) is 3.02. The molecule has 0 unspecified atom stereocenters. The molecule has 0 N–H and O–H groups in total. The van der Waals surface area contributed by atoms with E-state index in [4.69, 9.17) is 21.1 Å². The van der Waals surface area contributed by atoms with Crippen molar-refractivity contribution < 1.29 is 23.8 Å². The van der Waals surface area contributed by atoms with E-state index >= 15 is 0 Å². The summed E-state index contributed by atoms with van der Waals surface area (Å²) in [6.45, 7) is 3.88. The van der Waals surface area contributed by atoms with Crippen LogP contribution in [0.4, 0.5) is 0 Å². The van der Waals surface area contributed by atoms with Crippen molar-refractivity contribution in [3.8, 4) is 5.75 Å². The van der Waals surface area contributed by atoms with Crippen LogP contribution in [0.5, 0.6) is 5.75 Å². The minimum Gasteiger partial charge on any atom is -0.493 e. The van der Waals surface area contributed by atoms with Gasteiger partial charge in [0.2, 0.25) is 0 Å². The first kappa shape index (κ1) is 18.3. The molecule has 0 spiro atoms. The zero-order valence-corrected chi connectivity index (χ0v) is 14.0. The Bertz CT molecular complexity index is 539. The van der Waals surface area contributed by atoms with Crippen molar-refractivity contribution in [3.63, 3.8) is 0 Å². The molecule has 0 aliphatic heterocycles. The van der Waals surface area contributed by atoms with Gasteiger partial charge in [-0.3, -0.25) is 9.59 Å². The molecule has 0 heterocycles. The lowest BCUT2D eigenvalue weighted by Crippen LogP contribution is -2.27. The molecule has 0 aromatic heterocycles. The third-order valence-electron chi connectivity index (χ3n) is 3.31. The van der Waals surface area contributed by atoms with E-state index in [1.54, 1.807) is 32.0 Å². The van der Waals surface area contributed by atoms with Gasteiger partial charge in [0.05, 0.1) is 32.7 Å². The van der Waals surface area contributed by atoms with Crippen molar-refractivity contribution in [2.24, 2.45) is 5.41 Å². The van der Waals surface area contributed by atoms with E-state index in [2.05, 4.69) is 4.74 Å². The Labute approximate surface area is 135 Å². The molecule has 0 fully saturated rings. The second-order valence-corrected chi connectivity index (χ2v) is 5.92. The van der Waals surface area contributed by atoms with Crippen LogP contribution in [0, 0.1) is 5.41 Å². The van der Waals surface area contributed by atoms with E-state index < -0.39 is 5.41 Å². The van der Waals surface area contributed by atoms with Crippen LogP contribution in [0.1, 0.15) is 25.8 Å². The second kappa shape index (κ2) is 8.03. The smallest absolute Gasteiger partial charge is 0.311 e. The van der Waals surface area contributed by atoms with Crippen molar-refractivity contribution in [2.45, 2.75) is 26.7 Å². The summed E-state index contributed by atoms with van der Waals surface area (Å²) in [5.41, 5.74) is 0.0441. The first-order valence-electron chi connectivity index (χ1n) is 6.86. The summed E-state index contributed by atoms with van der Waals surface area (Å²) in [6, 6.07) is 5.05. The number of carbonyl (C=O) groups is 2. The number of benzene rings is 1. The molecule has 1 aromatic rings. The standard InChI is InChI=1S/C16H21ClO5/c1-16(2,15(19)21-4)7-8-22-13-10-12(17)6-5-11(13)9-14(18)20-3/h5-6,10H,7-9H2,1-4H3. The van der Waals surface area contributed by atoms with Gasteiger partial charge >= 0.3 is 11.9 Å². The first-order valence-corrected chi connectivity index (χ1v) is 7.24. The molecule has 6 heteroatoms. The fourth-order valence-electron chi connectivity index (χ4n) is 1.83. The Hall–Kier alpha value is -1.75. The highest BCUT2D eigenvalue weighted by Gasteiger charge is 2.28. The SMILES string of the molecule is COC(=O)Cc1ccc(Cl)cc1OCCC(C)(C)C(=O)OC. The monoisotopic (exact) mass is 328 g/mol. The molecule has 0 saturated heterocycles. The number of ether oxygens (including phenoxy) is 3. The number of hydrogen-bond donors (Lipinski definition) is 0. The highest BCUT2D eigenvalue weighted by atomic mass is 35.5. The summed E-state index contributed by atoms with van der Waals surface area (Å²) in [7, 11) is 2.69. The Balaban J connectivity index is 2.74. The zero-order chi connectivity index (χ0) is 16.8. The minimum atomic E-state index is -0.643. The van der Waals surface area contributed by atoms with Crippen LogP contribution in [-0.2, 0) is 25.5 Å². The highest BCUT2D eigenvalue weighted by molar-refractivity contribution is 6.30. The number of methoxy groups -OCH3 is 2. The van der Waals surface area contributed by atoms with Gasteiger partial charge in [-0.15, -0.1) is 0 Å². The topological polar surface area (TPSA) is 61.8 Å². The molecule has 0 atom stereocenters. The molecule has 0 aliphatic rings. The number of halogens is 1. The van der Waals surface area contributed by atoms with E-state index in [1.165, 1.54) is 14.2 Å². The fourth-order valence-corrected chi connectivity index (χ4v) is 1.99. The maximum atomic E-state index is 11.6. The van der Waals surface area contributed by atoms with Crippen LogP contribution in [0.15, 0.2) is 18.2 Å². The summed E-state index contributed by atoms with van der Waals surface area (Å²) in [6.07, 6.45) is 0.577. The van der Waals surface area contributed by atoms with Gasteiger partial charge < -0.3 is 14.2 Å². The van der Waals surface area contributed by atoms with Crippen molar-refractivity contribution >= 4 is 23.5 Å². The molecule has 1 aromatic carbocycles. The molecule has 22 heavy (non-hydrogen) atoms. The van der Waals surface area contributed by atoms with Gasteiger partial charge in [-0.2, -0.15) is 0 Å². The van der Waals surface area contributed by atoms with Crippen LogP contribution in [-0.4, -0.2) is 32.8 Å². The molecule has 5 nitrogen and oxygen atoms in total. The van der Waals surface area contributed by atoms with Gasteiger partial charge in [0, 0.05) is 10.6 Å². The number of esters is 2. The molecule has 0 radical (unpaired) electrons. The highest BCUT2D eigenvalue weighted by Crippen LogP contribution is 2.27. The maximum Gasteiger partial charge on any atom is 0.311 e. The van der Waals surface area contributed by atoms with Gasteiger partial charge in [-0.25, -0.2) is 0 Å². The minimum absolute atomic E-state index is 0.101. The Morgan fingerprint density at radius 2 is 1.86 bits per heavy atom. The predicted molar refractivity (Wildman–Crippen MR) is 83.1 cm³/mol. The molecule has 0 amide bonds. The third-order valence-corrected chi connectivity index (χ3v) is 3.55. The van der Waals surface area contributed by atoms with Gasteiger partial charge in [0.1, 0.15) is 5.75 Å². The molecule has 0 saturated carbocycles. The average Bonchev–Trinajstić information content (AvgIpc) is 2.48. The molecule has 122 valence electrons. The van der Waals surface area contributed by atoms with Crippen molar-refractivity contribution in [3.05, 3.63) is 28.8 Å². The van der Waals surface area contributed by atoms with Crippen molar-refractivity contribution in [2.75, 3.05) is 20.8 Å². The lowest BCUT2D eigenvalue weighted by molar-refractivity contribution is -0.151. The summed E-state index contributed by atoms with van der Waals surface area (Å²) in [5, 5.41) is 0.510. The fraction of sp³-hybridized carbons (Fsp3) is 0.500. The van der Waals surface area contributed by atoms with Crippen LogP contribution >= 0.6 is 11.6 Å². The van der Waals surface area contributed by atoms with Crippen molar-refractivity contribution in [1.82, 2.24) is 0 Å². The van der Waals surface area contributed by atoms with Gasteiger partial charge in [0.15, 0.2) is 0 Å². The van der Waals surface area contributed by atoms with Crippen LogP contribution in [0.25, 0.3) is 0 Å². The lowest BCUT2D eigenvalue weighted by Gasteiger charge is -2.21. The van der Waals surface area contributed by atoms with Crippen LogP contribution in [0.2, 0.25) is 5.02 Å². The summed E-state index contributed by atoms with van der Waals surface area (Å²) in [4.78, 5) is 23.0. The van der Waals surface area contributed by atoms with E-state index in [0.717, 1.165) is 0 Å². The van der Waals surface area contributed by atoms with E-state index in [-0.39, 0.29) is 18.4 Å². The first-order chi connectivity index (χ1) is 10.3. The molecular formula is C16H21ClO5. The number of hydrogen-bond acceptors (Lipinski definition) is 5. The van der Waals surface area contributed by atoms with Crippen LogP contribution < -0.4 is 4.74 Å². The maximum absolute atomic E-state index is 11.6. The number of rotatable bonds is 7. The molecule has 1 rings (SSSR count). The van der Waals surface area contributed by atoms with E-state index in [1.807, 2.05) is 0 Å². The van der Waals surface area contributed by atoms with Gasteiger partial charge in [0.25, 0.3) is 0 Å². The summed E-state index contributed by atoms with van der Waals surface area (Å²) in [5.74, 6) is -0.141. The van der Waals surface area contributed by atoms with E-state index in [9.17, 15) is 9.59 Å². The van der Waals surface area contributed by atoms with Crippen LogP contribution in [0.3, 0.4) is 0 Å². The largest absolute Gasteiger partial charge is 0.493 e. The second-order valence-electron chi connectivity index (χ2n) is 5.48. The quantitative estimate of drug-likeness (QED) is 0.720. The summed E-state index contributed by atoms with van der Waals surface area (Å²) < 4.78 is 15.1. The van der Waals surface area contributed by atoms with Gasteiger partial charge in [-0.05, 0) is 32.4 Å². The molecule has 0 bridgehead atoms. The van der Waals surface area contributed by atoms with E-state index in [0.29, 0.717) is 29.4 Å². The third kappa shape index (κ3) is 5.22. The Morgan fingerprint density at radius 1 is 1.18 bits per heavy atom. The Kier molecular flexibility index (Phi) is 6.68. The Morgan fingerprint density at radius 3 is 2.45 bits per heavy atom. The molecule has 0 aliphatic carbocycles. The number of carbonyl (C=O) groups excluding carboxylic acids is 2. The zero-order valence-electron chi connectivity index (χ0n) is 13.3. The summed E-state index contributed by atoms with van der Waals surface area (Å²) >= 11 is 5.96. The van der Waals surface area contributed by atoms with Crippen molar-refractivity contribution in [1.29, 1.82) is 0 Å². The molecular weight excluding hydrogens is 308 g/mol. The normalized spacial score (nSPS) is 11.0. The average molecular weight is 329 g/mol. The lowest BCUT2D eigenvalue weighted by atomic mass is 9.90. The van der Waals surface area contributed by atoms with Gasteiger partial charge in [-0.1, -0.05) is 17.7 Å².